The highest BCUT2D eigenvalue weighted by atomic mass is 16.8. The number of rotatable bonds is 16. The van der Waals surface area contributed by atoms with Gasteiger partial charge in [-0.25, -0.2) is 0 Å². The van der Waals surface area contributed by atoms with Crippen LogP contribution in [0.2, 0.25) is 0 Å². The average Bonchev–Trinajstić information content (AvgIpc) is 0.669. The molecule has 0 aromatic rings. The fraction of sp³-hybridized carbons (Fsp3) is 0.910. The van der Waals surface area contributed by atoms with Crippen LogP contribution in [-0.4, -0.2) is 275 Å². The molecule has 10 rings (SSSR count). The molecular formula is C67H106O30. The zero-order chi connectivity index (χ0) is 71.5. The molecule has 554 valence electrons. The van der Waals surface area contributed by atoms with Crippen LogP contribution < -0.4 is 0 Å². The second-order valence-electron chi connectivity index (χ2n) is 31.4. The van der Waals surface area contributed by atoms with Crippen LogP contribution in [0.4, 0.5) is 0 Å². The summed E-state index contributed by atoms with van der Waals surface area (Å²) in [5, 5.41) is 148. The number of carbonyl (C=O) groups is 4. The van der Waals surface area contributed by atoms with Crippen molar-refractivity contribution in [2.24, 2.45) is 50.2 Å². The van der Waals surface area contributed by atoms with Crippen molar-refractivity contribution in [2.45, 2.75) is 320 Å². The van der Waals surface area contributed by atoms with E-state index < -0.39 is 248 Å². The molecule has 36 atom stereocenters. The molecule has 9 fully saturated rings. The maximum Gasteiger partial charge on any atom is 0.317 e. The molecule has 0 radical (unpaired) electrons. The van der Waals surface area contributed by atoms with E-state index in [1.165, 1.54) is 34.6 Å². The quantitative estimate of drug-likeness (QED) is 0.0378. The first-order chi connectivity index (χ1) is 45.2. The van der Waals surface area contributed by atoms with Crippen LogP contribution in [-0.2, 0) is 80.8 Å². The van der Waals surface area contributed by atoms with Gasteiger partial charge in [0.2, 0.25) is 6.29 Å². The van der Waals surface area contributed by atoms with Crippen LogP contribution in [0.25, 0.3) is 0 Å². The summed E-state index contributed by atoms with van der Waals surface area (Å²) in [7, 11) is 0. The van der Waals surface area contributed by atoms with Gasteiger partial charge in [-0.15, -0.1) is 0 Å². The molecule has 0 unspecified atom stereocenters. The molecule has 5 heterocycles. The zero-order valence-corrected chi connectivity index (χ0v) is 57.5. The maximum absolute atomic E-state index is 16.0. The van der Waals surface area contributed by atoms with Crippen molar-refractivity contribution in [1.29, 1.82) is 0 Å². The Bertz CT molecular complexity index is 2850. The minimum Gasteiger partial charge on any atom is -0.462 e. The van der Waals surface area contributed by atoms with Gasteiger partial charge < -0.3 is 128 Å². The summed E-state index contributed by atoms with van der Waals surface area (Å²) in [5.74, 6) is -4.69. The molecule has 0 aromatic heterocycles. The highest BCUT2D eigenvalue weighted by molar-refractivity contribution is 5.80. The fourth-order valence-electron chi connectivity index (χ4n) is 19.0. The zero-order valence-electron chi connectivity index (χ0n) is 57.5. The van der Waals surface area contributed by atoms with E-state index in [-0.39, 0.29) is 36.5 Å². The minimum absolute atomic E-state index is 0.0686. The van der Waals surface area contributed by atoms with Crippen molar-refractivity contribution in [2.75, 3.05) is 13.2 Å². The molecule has 0 bridgehead atoms. The number of aliphatic hydroxyl groups excluding tert-OH is 13. The van der Waals surface area contributed by atoms with E-state index in [2.05, 4.69) is 40.7 Å². The molecule has 13 N–H and O–H groups in total. The van der Waals surface area contributed by atoms with Crippen molar-refractivity contribution in [3.8, 4) is 0 Å². The third kappa shape index (κ3) is 13.6. The van der Waals surface area contributed by atoms with Crippen LogP contribution in [0.5, 0.6) is 0 Å². The van der Waals surface area contributed by atoms with Gasteiger partial charge >= 0.3 is 23.9 Å². The number of hydrogen-bond acceptors (Lipinski definition) is 30. The van der Waals surface area contributed by atoms with Crippen molar-refractivity contribution in [3.63, 3.8) is 0 Å². The first-order valence-electron chi connectivity index (χ1n) is 34.3. The van der Waals surface area contributed by atoms with Gasteiger partial charge in [0.15, 0.2) is 43.5 Å². The lowest BCUT2D eigenvalue weighted by Gasteiger charge is -2.72. The topological polar surface area (TPSA) is 451 Å². The van der Waals surface area contributed by atoms with Crippen molar-refractivity contribution < 1.29 is 147 Å². The van der Waals surface area contributed by atoms with Crippen molar-refractivity contribution in [1.82, 2.24) is 0 Å². The van der Waals surface area contributed by atoms with Gasteiger partial charge in [-0.1, -0.05) is 53.2 Å². The smallest absolute Gasteiger partial charge is 0.317 e. The van der Waals surface area contributed by atoms with E-state index in [1.54, 1.807) is 0 Å². The van der Waals surface area contributed by atoms with Crippen LogP contribution in [0.15, 0.2) is 11.6 Å². The highest BCUT2D eigenvalue weighted by Crippen LogP contribution is 2.76. The second-order valence-corrected chi connectivity index (χ2v) is 31.4. The minimum atomic E-state index is -2.08. The molecule has 10 aliphatic rings. The number of allylic oxidation sites excluding steroid dienone is 2. The number of carbonyl (C=O) groups excluding carboxylic acids is 4. The standard InChI is InChI=1S/C67H106O30/c1-26(86-31(6)69)20-40(74)92-52-43(77)29(4)89-60(54(52)95-59-49(83)53(91-32(7)70)50(30(5)90-59)93-56-48(82)51(36(72)24-85-56)94-57-46(80)44(78)41(75)27(2)87-57)97-61(84)67-19-18-62(8,9)21-34(67)33-14-15-38-63(10)22-35(71)55(96-58-47(81)45(79)42(76)28(3)88-58)64(11,25-68)37(63)16-17-65(38,12)66(33,13)23-39(67)73/h14,26-30,34-39,41-60,68,71-73,75-83H,15-25H2,1-13H3/t26-,27-,28-,29+,30-,34-,35-,36+,37+,38+,39+,41-,42-,43-,44+,45+,46+,47+,48+,49+,50-,51-,52-,53-,54+,55-,56-,57-,58-,59-,60-,63-,64-,65+,66+,67+/m0/s1. The van der Waals surface area contributed by atoms with Gasteiger partial charge in [0.1, 0.15) is 84.8 Å². The van der Waals surface area contributed by atoms with Crippen LogP contribution >= 0.6 is 0 Å². The molecule has 4 saturated carbocycles. The number of esters is 4. The number of aliphatic hydroxyl groups is 13. The lowest BCUT2D eigenvalue weighted by molar-refractivity contribution is -0.380. The summed E-state index contributed by atoms with van der Waals surface area (Å²) >= 11 is 0. The first kappa shape index (κ1) is 76.4. The number of fused-ring (bicyclic) bond motifs is 7. The predicted octanol–water partition coefficient (Wildman–Crippen LogP) is -1.08. The van der Waals surface area contributed by atoms with Gasteiger partial charge in [0, 0.05) is 19.3 Å². The Labute approximate surface area is 564 Å². The van der Waals surface area contributed by atoms with Gasteiger partial charge in [0.05, 0.1) is 62.4 Å². The van der Waals surface area contributed by atoms with E-state index >= 15 is 4.79 Å². The predicted molar refractivity (Wildman–Crippen MR) is 327 cm³/mol. The van der Waals surface area contributed by atoms with Gasteiger partial charge in [-0.2, -0.15) is 0 Å². The van der Waals surface area contributed by atoms with Crippen LogP contribution in [0, 0.1) is 50.2 Å². The third-order valence-corrected chi connectivity index (χ3v) is 24.4. The molecular weight excluding hydrogens is 1280 g/mol. The Morgan fingerprint density at radius 2 is 1.09 bits per heavy atom. The van der Waals surface area contributed by atoms with E-state index in [0.29, 0.717) is 32.1 Å². The summed E-state index contributed by atoms with van der Waals surface area (Å²) in [6.07, 6.45) is -39.2. The van der Waals surface area contributed by atoms with E-state index in [4.69, 9.17) is 61.6 Å². The summed E-state index contributed by atoms with van der Waals surface area (Å²) in [5.41, 5.74) is -4.31. The molecule has 30 heteroatoms. The SMILES string of the molecule is CC(=O)O[C@H]1[C@@H](O)[C@H](O[C@H]2[C@H](OC(=O)[C@]34CCC(C)(C)C[C@H]3C3=CC[C@@H]5[C@@]6(C)C[C@H](O)[C@H](O[C@@H]7O[C@@H](C)[C@H](O)[C@@H](O)[C@H]7O)[C@@](C)(CO)[C@@H]6CC[C@@]5(C)[C@]3(C)C[C@H]4O)O[C@H](C)[C@H](O)[C@@H]2OC(=O)C[C@H](C)OC(C)=O)O[C@@H](C)[C@@H]1O[C@@H]1OC[C@@H](O)[C@H](O[C@@H]2O[C@@H](C)[C@H](O)[C@@H](O)[C@H]2O)[C@H]1O. The van der Waals surface area contributed by atoms with E-state index in [1.807, 2.05) is 6.92 Å². The summed E-state index contributed by atoms with van der Waals surface area (Å²) < 4.78 is 78.0. The second kappa shape index (κ2) is 28.4. The van der Waals surface area contributed by atoms with Crippen molar-refractivity contribution in [3.05, 3.63) is 11.6 Å². The Morgan fingerprint density at radius 1 is 0.546 bits per heavy atom. The molecule has 0 aromatic carbocycles. The molecule has 30 nitrogen and oxygen atoms in total. The van der Waals surface area contributed by atoms with Gasteiger partial charge in [-0.3, -0.25) is 19.2 Å². The normalized spacial score (nSPS) is 51.5. The molecule has 5 saturated heterocycles. The highest BCUT2D eigenvalue weighted by Gasteiger charge is 2.73. The Balaban J connectivity index is 0.939. The third-order valence-electron chi connectivity index (χ3n) is 24.4. The van der Waals surface area contributed by atoms with Crippen molar-refractivity contribution >= 4 is 23.9 Å². The monoisotopic (exact) mass is 1390 g/mol. The largest absolute Gasteiger partial charge is 0.462 e. The fourth-order valence-corrected chi connectivity index (χ4v) is 19.0. The van der Waals surface area contributed by atoms with E-state index in [9.17, 15) is 80.8 Å². The average molecular weight is 1390 g/mol. The first-order valence-corrected chi connectivity index (χ1v) is 34.3. The van der Waals surface area contributed by atoms with Gasteiger partial charge in [-0.05, 0) is 125 Å². The number of hydrogen-bond donors (Lipinski definition) is 13. The van der Waals surface area contributed by atoms with E-state index in [0.717, 1.165) is 19.4 Å². The summed E-state index contributed by atoms with van der Waals surface area (Å²) in [4.78, 5) is 54.9. The molecule has 0 spiro atoms. The summed E-state index contributed by atoms with van der Waals surface area (Å²) in [6.45, 7) is 20.9. The molecule has 0 amide bonds. The Morgan fingerprint density at radius 3 is 1.70 bits per heavy atom. The molecule has 97 heavy (non-hydrogen) atoms. The lowest BCUT2D eigenvalue weighted by atomic mass is 9.33. The Kier molecular flexibility index (Phi) is 22.4. The maximum atomic E-state index is 16.0. The molecule has 5 aliphatic heterocycles. The van der Waals surface area contributed by atoms with Gasteiger partial charge in [0.25, 0.3) is 0 Å². The number of ether oxygens (including phenoxy) is 13. The lowest BCUT2D eigenvalue weighted by Crippen LogP contribution is -2.70. The summed E-state index contributed by atoms with van der Waals surface area (Å²) in [6, 6.07) is 0. The molecule has 5 aliphatic carbocycles. The Hall–Kier alpha value is -3.26. The van der Waals surface area contributed by atoms with Crippen LogP contribution in [0.1, 0.15) is 148 Å². The van der Waals surface area contributed by atoms with Crippen LogP contribution in [0.3, 0.4) is 0 Å².